The zero-order valence-corrected chi connectivity index (χ0v) is 13.7. The number of imide groups is 1. The number of nitrogens with zero attached hydrogens (tertiary/aromatic N) is 1. The van der Waals surface area contributed by atoms with Crippen LogP contribution in [0, 0.1) is 0 Å². The molecule has 1 atom stereocenters. The highest BCUT2D eigenvalue weighted by Gasteiger charge is 2.40. The molecule has 6 heteroatoms. The van der Waals surface area contributed by atoms with E-state index in [1.165, 1.54) is 6.92 Å². The zero-order chi connectivity index (χ0) is 17.3. The van der Waals surface area contributed by atoms with Gasteiger partial charge in [0.05, 0.1) is 11.1 Å². The number of hydrogen-bond acceptors (Lipinski definition) is 3. The van der Waals surface area contributed by atoms with Crippen molar-refractivity contribution in [1.82, 2.24) is 10.2 Å². The van der Waals surface area contributed by atoms with Crippen molar-refractivity contribution in [3.63, 3.8) is 0 Å². The van der Waals surface area contributed by atoms with Gasteiger partial charge in [-0.1, -0.05) is 41.9 Å². The number of carbonyl (C=O) groups excluding carboxylic acids is 3. The Morgan fingerprint density at radius 3 is 2.17 bits per heavy atom. The van der Waals surface area contributed by atoms with Crippen LogP contribution < -0.4 is 5.32 Å². The summed E-state index contributed by atoms with van der Waals surface area (Å²) in [5, 5.41) is 3.26. The zero-order valence-electron chi connectivity index (χ0n) is 13.0. The number of benzene rings is 2. The third-order valence-electron chi connectivity index (χ3n) is 4.00. The Labute approximate surface area is 144 Å². The second-order valence-electron chi connectivity index (χ2n) is 5.51. The first-order chi connectivity index (χ1) is 11.5. The van der Waals surface area contributed by atoms with Crippen LogP contribution >= 0.6 is 11.6 Å². The summed E-state index contributed by atoms with van der Waals surface area (Å²) in [6.45, 7) is 1.76. The molecule has 0 aliphatic carbocycles. The normalized spacial score (nSPS) is 14.5. The molecule has 1 heterocycles. The molecule has 1 aliphatic rings. The summed E-state index contributed by atoms with van der Waals surface area (Å²) in [6, 6.07) is 12.8. The predicted molar refractivity (Wildman–Crippen MR) is 89.7 cm³/mol. The van der Waals surface area contributed by atoms with Gasteiger partial charge in [0, 0.05) is 11.6 Å². The molecule has 5 nitrogen and oxygen atoms in total. The van der Waals surface area contributed by atoms with E-state index in [9.17, 15) is 14.4 Å². The standard InChI is InChI=1S/C18H15ClN2O3/c1-11(16(22)20-10-12-6-2-5-9-15(12)19)21-17(23)13-7-3-4-8-14(13)18(21)24/h2-9,11H,10H2,1H3,(H,20,22)/t11-/m0/s1. The minimum Gasteiger partial charge on any atom is -0.350 e. The molecule has 2 aromatic carbocycles. The summed E-state index contributed by atoms with van der Waals surface area (Å²) < 4.78 is 0. The van der Waals surface area contributed by atoms with Crippen molar-refractivity contribution < 1.29 is 14.4 Å². The Hall–Kier alpha value is -2.66. The van der Waals surface area contributed by atoms with Crippen LogP contribution in [0.1, 0.15) is 33.2 Å². The molecule has 24 heavy (non-hydrogen) atoms. The van der Waals surface area contributed by atoms with Crippen LogP contribution in [0.25, 0.3) is 0 Å². The summed E-state index contributed by atoms with van der Waals surface area (Å²) in [4.78, 5) is 38.1. The molecule has 122 valence electrons. The second kappa shape index (κ2) is 6.45. The van der Waals surface area contributed by atoms with Gasteiger partial charge in [0.15, 0.2) is 0 Å². The number of fused-ring (bicyclic) bond motifs is 1. The summed E-state index contributed by atoms with van der Waals surface area (Å²) >= 11 is 6.05. The van der Waals surface area contributed by atoms with Crippen molar-refractivity contribution in [3.8, 4) is 0 Å². The number of amides is 3. The molecular formula is C18H15ClN2O3. The highest BCUT2D eigenvalue weighted by molar-refractivity contribution is 6.31. The summed E-state index contributed by atoms with van der Waals surface area (Å²) in [6.07, 6.45) is 0. The lowest BCUT2D eigenvalue weighted by Crippen LogP contribution is -2.47. The summed E-state index contributed by atoms with van der Waals surface area (Å²) in [5.41, 5.74) is 1.42. The van der Waals surface area contributed by atoms with Crippen LogP contribution in [0.2, 0.25) is 5.02 Å². The molecule has 0 saturated heterocycles. The molecule has 0 saturated carbocycles. The quantitative estimate of drug-likeness (QED) is 0.869. The second-order valence-corrected chi connectivity index (χ2v) is 5.92. The molecule has 1 N–H and O–H groups in total. The van der Waals surface area contributed by atoms with Gasteiger partial charge in [-0.3, -0.25) is 19.3 Å². The molecule has 0 bridgehead atoms. The van der Waals surface area contributed by atoms with Gasteiger partial charge in [0.2, 0.25) is 5.91 Å². The third-order valence-corrected chi connectivity index (χ3v) is 4.37. The molecule has 0 spiro atoms. The van der Waals surface area contributed by atoms with Crippen molar-refractivity contribution in [2.75, 3.05) is 0 Å². The van der Waals surface area contributed by atoms with Crippen molar-refractivity contribution in [1.29, 1.82) is 0 Å². The van der Waals surface area contributed by atoms with Gasteiger partial charge in [0.25, 0.3) is 11.8 Å². The topological polar surface area (TPSA) is 66.5 Å². The highest BCUT2D eigenvalue weighted by Crippen LogP contribution is 2.24. The summed E-state index contributed by atoms with van der Waals surface area (Å²) in [5.74, 6) is -1.31. The van der Waals surface area contributed by atoms with E-state index in [1.54, 1.807) is 42.5 Å². The maximum Gasteiger partial charge on any atom is 0.262 e. The van der Waals surface area contributed by atoms with Crippen molar-refractivity contribution >= 4 is 29.3 Å². The van der Waals surface area contributed by atoms with Crippen LogP contribution in [-0.4, -0.2) is 28.7 Å². The van der Waals surface area contributed by atoms with Gasteiger partial charge in [-0.05, 0) is 30.7 Å². The average Bonchev–Trinajstić information content (AvgIpc) is 2.85. The maximum atomic E-state index is 12.4. The van der Waals surface area contributed by atoms with E-state index in [-0.39, 0.29) is 6.54 Å². The Balaban J connectivity index is 1.72. The first-order valence-corrected chi connectivity index (χ1v) is 7.86. The van der Waals surface area contributed by atoms with Crippen molar-refractivity contribution in [2.45, 2.75) is 19.5 Å². The first-order valence-electron chi connectivity index (χ1n) is 7.48. The number of halogens is 1. The van der Waals surface area contributed by atoms with Crippen LogP contribution in [0.4, 0.5) is 0 Å². The minimum atomic E-state index is -0.903. The van der Waals surface area contributed by atoms with Crippen LogP contribution in [0.5, 0.6) is 0 Å². The average molecular weight is 343 g/mol. The van der Waals surface area contributed by atoms with Crippen LogP contribution in [0.3, 0.4) is 0 Å². The van der Waals surface area contributed by atoms with Crippen molar-refractivity contribution in [3.05, 3.63) is 70.2 Å². The van der Waals surface area contributed by atoms with E-state index in [2.05, 4.69) is 5.32 Å². The third kappa shape index (κ3) is 2.78. The van der Waals surface area contributed by atoms with Crippen LogP contribution in [0.15, 0.2) is 48.5 Å². The fourth-order valence-electron chi connectivity index (χ4n) is 2.65. The number of rotatable bonds is 4. The maximum absolute atomic E-state index is 12.4. The fraction of sp³-hybridized carbons (Fsp3) is 0.167. The largest absolute Gasteiger partial charge is 0.350 e. The Morgan fingerprint density at radius 1 is 1.04 bits per heavy atom. The Kier molecular flexibility index (Phi) is 4.36. The van der Waals surface area contributed by atoms with E-state index < -0.39 is 23.8 Å². The van der Waals surface area contributed by atoms with Crippen molar-refractivity contribution in [2.24, 2.45) is 0 Å². The van der Waals surface area contributed by atoms with Gasteiger partial charge in [-0.2, -0.15) is 0 Å². The summed E-state index contributed by atoms with van der Waals surface area (Å²) in [7, 11) is 0. The lowest BCUT2D eigenvalue weighted by molar-refractivity contribution is -0.124. The van der Waals surface area contributed by atoms with Gasteiger partial charge in [-0.25, -0.2) is 0 Å². The lowest BCUT2D eigenvalue weighted by atomic mass is 10.1. The molecular weight excluding hydrogens is 328 g/mol. The molecule has 0 radical (unpaired) electrons. The predicted octanol–water partition coefficient (Wildman–Crippen LogP) is 2.64. The van der Waals surface area contributed by atoms with E-state index in [0.29, 0.717) is 16.1 Å². The van der Waals surface area contributed by atoms with Crippen LogP contribution in [-0.2, 0) is 11.3 Å². The monoisotopic (exact) mass is 342 g/mol. The highest BCUT2D eigenvalue weighted by atomic mass is 35.5. The molecule has 0 fully saturated rings. The molecule has 1 aliphatic heterocycles. The number of hydrogen-bond donors (Lipinski definition) is 1. The van der Waals surface area contributed by atoms with Gasteiger partial charge < -0.3 is 5.32 Å². The molecule has 2 aromatic rings. The first kappa shape index (κ1) is 16.2. The van der Waals surface area contributed by atoms with Gasteiger partial charge in [-0.15, -0.1) is 0 Å². The SMILES string of the molecule is C[C@@H](C(=O)NCc1ccccc1Cl)N1C(=O)c2ccccc2C1=O. The number of nitrogens with one attached hydrogen (secondary N) is 1. The van der Waals surface area contributed by atoms with E-state index in [0.717, 1.165) is 10.5 Å². The van der Waals surface area contributed by atoms with Gasteiger partial charge in [0.1, 0.15) is 6.04 Å². The van der Waals surface area contributed by atoms with E-state index in [4.69, 9.17) is 11.6 Å². The smallest absolute Gasteiger partial charge is 0.262 e. The fourth-order valence-corrected chi connectivity index (χ4v) is 2.85. The molecule has 0 unspecified atom stereocenters. The molecule has 3 rings (SSSR count). The Bertz CT molecular complexity index is 800. The minimum absolute atomic E-state index is 0.228. The Morgan fingerprint density at radius 2 is 1.58 bits per heavy atom. The number of carbonyl (C=O) groups is 3. The van der Waals surface area contributed by atoms with E-state index >= 15 is 0 Å². The molecule has 0 aromatic heterocycles. The lowest BCUT2D eigenvalue weighted by Gasteiger charge is -2.21. The molecule has 3 amide bonds. The van der Waals surface area contributed by atoms with E-state index in [1.807, 2.05) is 6.07 Å². The van der Waals surface area contributed by atoms with Gasteiger partial charge >= 0.3 is 0 Å².